The number of nitrogens with zero attached hydrogens (tertiary/aromatic N) is 2. The number of thioether (sulfide) groups is 1. The number of carbonyl (C=O) groups is 2. The van der Waals surface area contributed by atoms with Crippen LogP contribution in [0.5, 0.6) is 5.75 Å². The highest BCUT2D eigenvalue weighted by Crippen LogP contribution is 2.46. The molecule has 1 aliphatic carbocycles. The van der Waals surface area contributed by atoms with Crippen LogP contribution in [0.1, 0.15) is 30.6 Å². The molecule has 1 amide bonds. The first-order valence-electron chi connectivity index (χ1n) is 10.6. The molecule has 0 saturated heterocycles. The first kappa shape index (κ1) is 21.7. The summed E-state index contributed by atoms with van der Waals surface area (Å²) < 4.78 is 10.9. The maximum Gasteiger partial charge on any atom is 0.303 e. The van der Waals surface area contributed by atoms with Crippen molar-refractivity contribution < 1.29 is 19.1 Å². The van der Waals surface area contributed by atoms with E-state index in [1.807, 2.05) is 48.5 Å². The Morgan fingerprint density at radius 1 is 1.16 bits per heavy atom. The van der Waals surface area contributed by atoms with Crippen molar-refractivity contribution in [2.45, 2.75) is 42.1 Å². The largest absolute Gasteiger partial charge is 0.497 e. The average molecular weight is 441 g/mol. The maximum absolute atomic E-state index is 13.7. The molecule has 1 heterocycles. The van der Waals surface area contributed by atoms with Gasteiger partial charge in [-0.2, -0.15) is 0 Å². The van der Waals surface area contributed by atoms with Gasteiger partial charge in [0.05, 0.1) is 18.0 Å². The van der Waals surface area contributed by atoms with E-state index in [4.69, 9.17) is 9.47 Å². The molecule has 0 unspecified atom stereocenters. The minimum atomic E-state index is -0.908. The fraction of sp³-hybridized carbons (Fsp3) is 0.417. The molecule has 0 bridgehead atoms. The molecule has 4 rings (SSSR count). The molecular formula is C24H28N2O4S. The van der Waals surface area contributed by atoms with Gasteiger partial charge < -0.3 is 19.3 Å². The molecule has 164 valence electrons. The number of benzene rings is 2. The van der Waals surface area contributed by atoms with E-state index in [9.17, 15) is 9.59 Å². The smallest absolute Gasteiger partial charge is 0.303 e. The quantitative estimate of drug-likeness (QED) is 0.609. The van der Waals surface area contributed by atoms with Crippen molar-refractivity contribution in [2.75, 3.05) is 32.1 Å². The van der Waals surface area contributed by atoms with Crippen LogP contribution in [0.3, 0.4) is 0 Å². The van der Waals surface area contributed by atoms with Gasteiger partial charge in [-0.05, 0) is 49.7 Å². The number of ether oxygens (including phenoxy) is 2. The minimum absolute atomic E-state index is 0.183. The summed E-state index contributed by atoms with van der Waals surface area (Å²) in [5.41, 5.74) is 1.78. The molecule has 0 radical (unpaired) electrons. The number of para-hydroxylation sites is 1. The Balaban J connectivity index is 1.70. The number of amides is 1. The van der Waals surface area contributed by atoms with Gasteiger partial charge in [-0.3, -0.25) is 9.59 Å². The molecule has 0 N–H and O–H groups in total. The lowest BCUT2D eigenvalue weighted by Gasteiger charge is -2.29. The van der Waals surface area contributed by atoms with Gasteiger partial charge in [0, 0.05) is 31.0 Å². The summed E-state index contributed by atoms with van der Waals surface area (Å²) in [4.78, 5) is 30.8. The molecule has 0 aromatic heterocycles. The first-order chi connectivity index (χ1) is 15.0. The number of fused-ring (bicyclic) bond motifs is 1. The fourth-order valence-corrected chi connectivity index (χ4v) is 5.21. The van der Waals surface area contributed by atoms with Gasteiger partial charge in [0.1, 0.15) is 5.75 Å². The van der Waals surface area contributed by atoms with Crippen LogP contribution in [0, 0.1) is 0 Å². The highest BCUT2D eigenvalue weighted by atomic mass is 32.2. The second kappa shape index (κ2) is 9.32. The van der Waals surface area contributed by atoms with Gasteiger partial charge >= 0.3 is 5.97 Å². The van der Waals surface area contributed by atoms with E-state index in [1.54, 1.807) is 23.8 Å². The Labute approximate surface area is 187 Å². The zero-order chi connectivity index (χ0) is 22.0. The van der Waals surface area contributed by atoms with Crippen molar-refractivity contribution >= 4 is 29.3 Å². The van der Waals surface area contributed by atoms with Gasteiger partial charge in [-0.1, -0.05) is 24.3 Å². The normalized spacial score (nSPS) is 20.9. The predicted octanol–water partition coefficient (Wildman–Crippen LogP) is 3.90. The van der Waals surface area contributed by atoms with Gasteiger partial charge in [0.2, 0.25) is 0 Å². The van der Waals surface area contributed by atoms with Crippen LogP contribution in [0.2, 0.25) is 0 Å². The highest BCUT2D eigenvalue weighted by molar-refractivity contribution is 7.99. The van der Waals surface area contributed by atoms with Crippen molar-refractivity contribution in [3.63, 3.8) is 0 Å². The standard InChI is InChI=1S/C24H28N2O4S/c1-16(27)30-22-23(17-8-12-19(29-3)13-9-17)31-21-7-5-4-6-20(21)26(24(22)28)15-14-25(2)18-10-11-18/h4-9,12-13,18,22-23H,10-11,14-15H2,1-3H3/t22-,23+/m0/s1. The van der Waals surface area contributed by atoms with Crippen molar-refractivity contribution in [1.29, 1.82) is 0 Å². The van der Waals surface area contributed by atoms with Crippen LogP contribution >= 0.6 is 11.8 Å². The zero-order valence-corrected chi connectivity index (χ0v) is 18.9. The van der Waals surface area contributed by atoms with Gasteiger partial charge in [-0.25, -0.2) is 0 Å². The number of esters is 1. The lowest BCUT2D eigenvalue weighted by Crippen LogP contribution is -2.45. The Kier molecular flexibility index (Phi) is 6.53. The average Bonchev–Trinajstić information content (AvgIpc) is 3.62. The SMILES string of the molecule is COc1ccc([C@H]2Sc3ccccc3N(CCN(C)C3CC3)C(=O)[C@H]2OC(C)=O)cc1. The number of methoxy groups -OCH3 is 1. The van der Waals surface area contributed by atoms with Crippen LogP contribution in [0.15, 0.2) is 53.4 Å². The summed E-state index contributed by atoms with van der Waals surface area (Å²) in [6.45, 7) is 2.68. The Morgan fingerprint density at radius 2 is 1.87 bits per heavy atom. The van der Waals surface area contributed by atoms with Crippen molar-refractivity contribution in [3.05, 3.63) is 54.1 Å². The molecular weight excluding hydrogens is 412 g/mol. The minimum Gasteiger partial charge on any atom is -0.497 e. The fourth-order valence-electron chi connectivity index (χ4n) is 3.89. The second-order valence-electron chi connectivity index (χ2n) is 8.01. The van der Waals surface area contributed by atoms with Crippen LogP contribution in [-0.4, -0.2) is 56.2 Å². The summed E-state index contributed by atoms with van der Waals surface area (Å²) in [5.74, 6) is 0.0963. The maximum atomic E-state index is 13.7. The van der Waals surface area contributed by atoms with Crippen LogP contribution in [-0.2, 0) is 14.3 Å². The van der Waals surface area contributed by atoms with E-state index >= 15 is 0 Å². The second-order valence-corrected chi connectivity index (χ2v) is 9.19. The molecule has 6 nitrogen and oxygen atoms in total. The van der Waals surface area contributed by atoms with E-state index < -0.39 is 12.1 Å². The molecule has 1 aliphatic heterocycles. The third-order valence-electron chi connectivity index (χ3n) is 5.78. The molecule has 1 saturated carbocycles. The van der Waals surface area contributed by atoms with Gasteiger partial charge in [0.15, 0.2) is 6.10 Å². The summed E-state index contributed by atoms with van der Waals surface area (Å²) >= 11 is 1.56. The Morgan fingerprint density at radius 3 is 2.52 bits per heavy atom. The van der Waals surface area contributed by atoms with Crippen molar-refractivity contribution in [2.24, 2.45) is 0 Å². The van der Waals surface area contributed by atoms with Crippen LogP contribution < -0.4 is 9.64 Å². The predicted molar refractivity (Wildman–Crippen MR) is 122 cm³/mol. The summed E-state index contributed by atoms with van der Waals surface area (Å²) in [6.07, 6.45) is 1.52. The lowest BCUT2D eigenvalue weighted by molar-refractivity contribution is -0.152. The van der Waals surface area contributed by atoms with E-state index in [0.717, 1.165) is 28.4 Å². The zero-order valence-electron chi connectivity index (χ0n) is 18.1. The highest BCUT2D eigenvalue weighted by Gasteiger charge is 2.41. The monoisotopic (exact) mass is 440 g/mol. The molecule has 7 heteroatoms. The summed E-state index contributed by atoms with van der Waals surface area (Å²) in [7, 11) is 3.72. The van der Waals surface area contributed by atoms with E-state index in [0.29, 0.717) is 12.6 Å². The molecule has 2 aliphatic rings. The molecule has 2 atom stereocenters. The number of likely N-dealkylation sites (N-methyl/N-ethyl adjacent to an activating group) is 1. The third-order valence-corrected chi connectivity index (χ3v) is 7.15. The van der Waals surface area contributed by atoms with E-state index in [2.05, 4.69) is 11.9 Å². The van der Waals surface area contributed by atoms with Crippen molar-refractivity contribution in [3.8, 4) is 5.75 Å². The third kappa shape index (κ3) is 4.88. The number of carbonyl (C=O) groups excluding carboxylic acids is 2. The topological polar surface area (TPSA) is 59.1 Å². The van der Waals surface area contributed by atoms with Crippen molar-refractivity contribution in [1.82, 2.24) is 4.90 Å². The van der Waals surface area contributed by atoms with Crippen LogP contribution in [0.4, 0.5) is 5.69 Å². The molecule has 1 fully saturated rings. The van der Waals surface area contributed by atoms with E-state index in [1.165, 1.54) is 19.8 Å². The lowest BCUT2D eigenvalue weighted by atomic mass is 10.1. The molecule has 0 spiro atoms. The summed E-state index contributed by atoms with van der Waals surface area (Å²) in [6, 6.07) is 16.1. The molecule has 2 aromatic rings. The Hall–Kier alpha value is -2.51. The number of hydrogen-bond acceptors (Lipinski definition) is 6. The van der Waals surface area contributed by atoms with Gasteiger partial charge in [-0.15, -0.1) is 11.8 Å². The first-order valence-corrected chi connectivity index (χ1v) is 11.4. The van der Waals surface area contributed by atoms with Gasteiger partial charge in [0.25, 0.3) is 5.91 Å². The van der Waals surface area contributed by atoms with E-state index in [-0.39, 0.29) is 11.2 Å². The molecule has 31 heavy (non-hydrogen) atoms. The Bertz CT molecular complexity index is 945. The number of anilines is 1. The molecule has 2 aromatic carbocycles. The number of hydrogen-bond donors (Lipinski definition) is 0. The van der Waals surface area contributed by atoms with Crippen LogP contribution in [0.25, 0.3) is 0 Å². The summed E-state index contributed by atoms with van der Waals surface area (Å²) in [5, 5.41) is -0.352. The number of rotatable bonds is 7.